The van der Waals surface area contributed by atoms with Crippen LogP contribution in [-0.4, -0.2) is 76.0 Å². The zero-order chi connectivity index (χ0) is 34.0. The van der Waals surface area contributed by atoms with Crippen LogP contribution in [0.5, 0.6) is 11.5 Å². The van der Waals surface area contributed by atoms with E-state index >= 15 is 0 Å². The van der Waals surface area contributed by atoms with Crippen molar-refractivity contribution >= 4 is 17.6 Å². The number of para-hydroxylation sites is 1. The number of rotatable bonds is 17. The molecule has 13 nitrogen and oxygen atoms in total. The first kappa shape index (κ1) is 35.5. The van der Waals surface area contributed by atoms with Crippen LogP contribution in [0.25, 0.3) is 0 Å². The monoisotopic (exact) mass is 636 g/mol. The van der Waals surface area contributed by atoms with E-state index in [9.17, 15) is 35.0 Å². The molecule has 1 atom stereocenters. The average molecular weight is 637 g/mol. The number of carbonyl (C=O) groups is 2. The number of nitrogens with one attached hydrogen (secondary N) is 1. The van der Waals surface area contributed by atoms with E-state index < -0.39 is 28.4 Å². The standard InChI is InChI=1S/C33H40N4O9/c1-5-33(29(31(39)40)21(3)36(6-2)22(4)30(33)32(41)42)26-17-24(37(43)44)13-14-28(26)45-16-10-9-15-35-19-25(38)20-46-27-12-8-7-11-23(27)18-34/h7-8,11-14,17,25,35,38H,5-6,9-10,15-16,19-20H2,1-4H3,(H,39,40)(H,41,42). The van der Waals surface area contributed by atoms with Gasteiger partial charge in [0.05, 0.1) is 33.7 Å². The second-order valence-corrected chi connectivity index (χ2v) is 10.8. The summed E-state index contributed by atoms with van der Waals surface area (Å²) in [5.74, 6) is -2.09. The van der Waals surface area contributed by atoms with Gasteiger partial charge in [0.2, 0.25) is 0 Å². The number of aliphatic hydroxyl groups excluding tert-OH is 1. The van der Waals surface area contributed by atoms with Gasteiger partial charge in [-0.15, -0.1) is 0 Å². The van der Waals surface area contributed by atoms with E-state index in [1.165, 1.54) is 18.2 Å². The smallest absolute Gasteiger partial charge is 0.334 e. The number of nitriles is 1. The van der Waals surface area contributed by atoms with Gasteiger partial charge in [-0.25, -0.2) is 9.59 Å². The normalized spacial score (nSPS) is 14.9. The number of nitro groups is 1. The Balaban J connectivity index is 1.76. The number of unbranched alkanes of at least 4 members (excludes halogenated alkanes) is 1. The Hall–Kier alpha value is -4.93. The van der Waals surface area contributed by atoms with Crippen molar-refractivity contribution in [2.45, 2.75) is 58.5 Å². The number of aliphatic hydroxyl groups is 1. The molecule has 4 N–H and O–H groups in total. The van der Waals surface area contributed by atoms with Crippen LogP contribution in [0.4, 0.5) is 5.69 Å². The molecule has 1 aliphatic heterocycles. The fourth-order valence-electron chi connectivity index (χ4n) is 6.05. The summed E-state index contributed by atoms with van der Waals surface area (Å²) in [4.78, 5) is 38.4. The predicted octanol–water partition coefficient (Wildman–Crippen LogP) is 4.36. The van der Waals surface area contributed by atoms with Gasteiger partial charge >= 0.3 is 11.9 Å². The van der Waals surface area contributed by atoms with E-state index in [1.54, 1.807) is 56.9 Å². The molecule has 1 heterocycles. The maximum atomic E-state index is 12.8. The van der Waals surface area contributed by atoms with Crippen LogP contribution in [0.15, 0.2) is 65.0 Å². The van der Waals surface area contributed by atoms with Crippen LogP contribution < -0.4 is 14.8 Å². The summed E-state index contributed by atoms with van der Waals surface area (Å²) in [6.45, 7) is 7.95. The maximum absolute atomic E-state index is 12.8. The van der Waals surface area contributed by atoms with E-state index in [-0.39, 0.29) is 54.3 Å². The molecule has 1 aliphatic rings. The third-order valence-corrected chi connectivity index (χ3v) is 8.12. The van der Waals surface area contributed by atoms with E-state index in [4.69, 9.17) is 14.7 Å². The number of carboxylic acid groups (broad SMARTS) is 2. The van der Waals surface area contributed by atoms with E-state index in [2.05, 4.69) is 5.32 Å². The average Bonchev–Trinajstić information content (AvgIpc) is 3.02. The molecule has 0 aromatic heterocycles. The summed E-state index contributed by atoms with van der Waals surface area (Å²) in [5, 5.41) is 55.2. The molecule has 46 heavy (non-hydrogen) atoms. The highest BCUT2D eigenvalue weighted by Crippen LogP contribution is 2.52. The second kappa shape index (κ2) is 15.9. The third-order valence-electron chi connectivity index (χ3n) is 8.12. The van der Waals surface area contributed by atoms with Crippen LogP contribution in [0.1, 0.15) is 58.1 Å². The Bertz CT molecular complexity index is 1520. The first-order chi connectivity index (χ1) is 21.9. The van der Waals surface area contributed by atoms with Gasteiger partial charge in [-0.2, -0.15) is 5.26 Å². The molecule has 13 heteroatoms. The molecule has 0 saturated carbocycles. The van der Waals surface area contributed by atoms with E-state index in [0.717, 1.165) is 0 Å². The highest BCUT2D eigenvalue weighted by atomic mass is 16.6. The number of benzene rings is 2. The summed E-state index contributed by atoms with van der Waals surface area (Å²) in [5.41, 5.74) is -1.21. The summed E-state index contributed by atoms with van der Waals surface area (Å²) in [6, 6.07) is 12.6. The quantitative estimate of drug-likeness (QED) is 0.109. The Morgan fingerprint density at radius 1 is 1.04 bits per heavy atom. The molecule has 2 aromatic carbocycles. The Kier molecular flexibility index (Phi) is 12.3. The molecule has 2 aromatic rings. The number of nitrogens with zero attached hydrogens (tertiary/aromatic N) is 3. The third kappa shape index (κ3) is 7.47. The minimum absolute atomic E-state index is 0.00190. The van der Waals surface area contributed by atoms with Crippen LogP contribution in [0, 0.1) is 21.4 Å². The Morgan fingerprint density at radius 2 is 1.70 bits per heavy atom. The van der Waals surface area contributed by atoms with Gasteiger partial charge in [0, 0.05) is 42.2 Å². The number of hydrogen-bond donors (Lipinski definition) is 4. The van der Waals surface area contributed by atoms with Gasteiger partial charge in [0.15, 0.2) is 0 Å². The van der Waals surface area contributed by atoms with Crippen molar-refractivity contribution in [3.8, 4) is 17.6 Å². The maximum Gasteiger partial charge on any atom is 0.334 e. The highest BCUT2D eigenvalue weighted by Gasteiger charge is 2.52. The second-order valence-electron chi connectivity index (χ2n) is 10.8. The molecular weight excluding hydrogens is 596 g/mol. The largest absolute Gasteiger partial charge is 0.493 e. The van der Waals surface area contributed by atoms with Gasteiger partial charge in [-0.05, 0) is 64.8 Å². The molecular formula is C33H40N4O9. The zero-order valence-corrected chi connectivity index (χ0v) is 26.4. The van der Waals surface area contributed by atoms with Gasteiger partial charge in [0.1, 0.15) is 30.3 Å². The SMILES string of the molecule is CCN1C(C)=C(C(=O)O)C(CC)(c2cc([N+](=O)[O-])ccc2OCCCCNCC(O)COc2ccccc2C#N)C(C(=O)O)=C1C. The number of nitro benzene ring substituents is 1. The molecule has 1 unspecified atom stereocenters. The van der Waals surface area contributed by atoms with Crippen LogP contribution in [0.3, 0.4) is 0 Å². The summed E-state index contributed by atoms with van der Waals surface area (Å²) in [6.07, 6.45) is 0.360. The summed E-state index contributed by atoms with van der Waals surface area (Å²) >= 11 is 0. The molecule has 3 rings (SSSR count). The van der Waals surface area contributed by atoms with Crippen LogP contribution in [-0.2, 0) is 15.0 Å². The van der Waals surface area contributed by atoms with E-state index in [0.29, 0.717) is 48.6 Å². The minimum atomic E-state index is -1.73. The van der Waals surface area contributed by atoms with Gasteiger partial charge in [-0.1, -0.05) is 19.1 Å². The summed E-state index contributed by atoms with van der Waals surface area (Å²) in [7, 11) is 0. The number of aliphatic carboxylic acids is 2. The lowest BCUT2D eigenvalue weighted by Gasteiger charge is -2.44. The molecule has 246 valence electrons. The Labute approximate surface area is 267 Å². The van der Waals surface area contributed by atoms with Crippen molar-refractivity contribution in [3.05, 3.63) is 86.2 Å². The molecule has 0 spiro atoms. The summed E-state index contributed by atoms with van der Waals surface area (Å²) < 4.78 is 11.6. The number of ether oxygens (including phenoxy) is 2. The number of non-ortho nitro benzene ring substituents is 1. The first-order valence-corrected chi connectivity index (χ1v) is 15.0. The van der Waals surface area contributed by atoms with Crippen molar-refractivity contribution in [3.63, 3.8) is 0 Å². The number of carboxylic acids is 2. The van der Waals surface area contributed by atoms with Crippen LogP contribution in [0.2, 0.25) is 0 Å². The topological polar surface area (TPSA) is 195 Å². The molecule has 0 radical (unpaired) electrons. The molecule has 0 amide bonds. The molecule has 0 saturated heterocycles. The molecule has 0 bridgehead atoms. The van der Waals surface area contributed by atoms with Crippen molar-refractivity contribution in [1.29, 1.82) is 5.26 Å². The van der Waals surface area contributed by atoms with Crippen molar-refractivity contribution < 1.29 is 39.3 Å². The Morgan fingerprint density at radius 3 is 2.26 bits per heavy atom. The first-order valence-electron chi connectivity index (χ1n) is 15.0. The number of hydrogen-bond acceptors (Lipinski definition) is 10. The van der Waals surface area contributed by atoms with Gasteiger partial charge in [0.25, 0.3) is 5.69 Å². The fourth-order valence-corrected chi connectivity index (χ4v) is 6.05. The van der Waals surface area contributed by atoms with Gasteiger partial charge < -0.3 is 35.0 Å². The lowest BCUT2D eigenvalue weighted by atomic mass is 9.63. The lowest BCUT2D eigenvalue weighted by Crippen LogP contribution is -2.45. The molecule has 0 aliphatic carbocycles. The predicted molar refractivity (Wildman–Crippen MR) is 168 cm³/mol. The van der Waals surface area contributed by atoms with Crippen molar-refractivity contribution in [1.82, 2.24) is 10.2 Å². The van der Waals surface area contributed by atoms with E-state index in [1.807, 2.05) is 6.07 Å². The minimum Gasteiger partial charge on any atom is -0.493 e. The highest BCUT2D eigenvalue weighted by molar-refractivity contribution is 6.01. The lowest BCUT2D eigenvalue weighted by molar-refractivity contribution is -0.385. The fraction of sp³-hybridized carbons (Fsp3) is 0.424. The van der Waals surface area contributed by atoms with Crippen LogP contribution >= 0.6 is 0 Å². The van der Waals surface area contributed by atoms with Gasteiger partial charge in [-0.3, -0.25) is 10.1 Å². The molecule has 0 fully saturated rings. The number of allylic oxidation sites excluding steroid dienone is 2. The van der Waals surface area contributed by atoms with Crippen molar-refractivity contribution in [2.75, 3.05) is 32.8 Å². The van der Waals surface area contributed by atoms with Crippen molar-refractivity contribution in [2.24, 2.45) is 0 Å². The zero-order valence-electron chi connectivity index (χ0n) is 26.4.